The third kappa shape index (κ3) is 3.45. The Labute approximate surface area is 125 Å². The minimum atomic E-state index is -0.216. The first-order valence-corrected chi connectivity index (χ1v) is 7.63. The fourth-order valence-electron chi connectivity index (χ4n) is 1.61. The lowest BCUT2D eigenvalue weighted by atomic mass is 10.2. The Morgan fingerprint density at radius 2 is 2.00 bits per heavy atom. The molecule has 1 saturated heterocycles. The van der Waals surface area contributed by atoms with Crippen molar-refractivity contribution in [3.8, 4) is 0 Å². The van der Waals surface area contributed by atoms with Gasteiger partial charge in [0.05, 0.1) is 21.8 Å². The van der Waals surface area contributed by atoms with E-state index in [0.717, 1.165) is 18.1 Å². The van der Waals surface area contributed by atoms with Gasteiger partial charge in [0.15, 0.2) is 0 Å². The average molecular weight is 326 g/mol. The molecule has 18 heavy (non-hydrogen) atoms. The molecule has 0 radical (unpaired) electrons. The molecular formula is C11H11Cl3N2OS. The zero-order valence-electron chi connectivity index (χ0n) is 9.30. The molecule has 2 N–H and O–H groups in total. The highest BCUT2D eigenvalue weighted by atomic mass is 35.5. The second-order valence-electron chi connectivity index (χ2n) is 3.82. The summed E-state index contributed by atoms with van der Waals surface area (Å²) < 4.78 is 0. The van der Waals surface area contributed by atoms with Crippen LogP contribution in [0, 0.1) is 0 Å². The molecule has 0 saturated carbocycles. The molecule has 1 amide bonds. The van der Waals surface area contributed by atoms with E-state index in [2.05, 4.69) is 10.6 Å². The molecule has 1 aromatic rings. The molecule has 2 rings (SSSR count). The maximum atomic E-state index is 12.0. The predicted molar refractivity (Wildman–Crippen MR) is 79.2 cm³/mol. The van der Waals surface area contributed by atoms with Gasteiger partial charge in [-0.15, -0.1) is 0 Å². The van der Waals surface area contributed by atoms with Crippen molar-refractivity contribution in [1.29, 1.82) is 0 Å². The highest BCUT2D eigenvalue weighted by Gasteiger charge is 2.22. The van der Waals surface area contributed by atoms with Gasteiger partial charge in [-0.1, -0.05) is 34.8 Å². The van der Waals surface area contributed by atoms with Crippen molar-refractivity contribution in [1.82, 2.24) is 5.32 Å². The number of benzene rings is 1. The van der Waals surface area contributed by atoms with E-state index in [4.69, 9.17) is 34.8 Å². The SMILES string of the molecule is O=C(Nc1c(Cl)cc(Cl)cc1Cl)C1CSCCN1. The van der Waals surface area contributed by atoms with E-state index in [1.54, 1.807) is 23.9 Å². The van der Waals surface area contributed by atoms with Crippen molar-refractivity contribution >= 4 is 58.2 Å². The molecule has 0 bridgehead atoms. The van der Waals surface area contributed by atoms with E-state index in [0.29, 0.717) is 20.8 Å². The molecule has 1 aromatic carbocycles. The molecule has 7 heteroatoms. The van der Waals surface area contributed by atoms with Crippen LogP contribution in [-0.2, 0) is 4.79 Å². The molecule has 0 spiro atoms. The van der Waals surface area contributed by atoms with Gasteiger partial charge in [0.2, 0.25) is 5.91 Å². The molecule has 98 valence electrons. The number of anilines is 1. The molecule has 3 nitrogen and oxygen atoms in total. The number of amides is 1. The van der Waals surface area contributed by atoms with Crippen molar-refractivity contribution in [2.45, 2.75) is 6.04 Å². The highest BCUT2D eigenvalue weighted by molar-refractivity contribution is 7.99. The molecule has 1 unspecified atom stereocenters. The van der Waals surface area contributed by atoms with Crippen LogP contribution in [0.25, 0.3) is 0 Å². The summed E-state index contributed by atoms with van der Waals surface area (Å²) in [6.45, 7) is 0.824. The number of nitrogens with one attached hydrogen (secondary N) is 2. The number of rotatable bonds is 2. The van der Waals surface area contributed by atoms with Gasteiger partial charge >= 0.3 is 0 Å². The molecule has 1 atom stereocenters. The number of carbonyl (C=O) groups is 1. The number of carbonyl (C=O) groups excluding carboxylic acids is 1. The molecule has 1 aliphatic heterocycles. The normalized spacial score (nSPS) is 19.6. The molecule has 0 aliphatic carbocycles. The van der Waals surface area contributed by atoms with Gasteiger partial charge in [0.25, 0.3) is 0 Å². The van der Waals surface area contributed by atoms with E-state index in [1.807, 2.05) is 0 Å². The summed E-state index contributed by atoms with van der Waals surface area (Å²) in [5.41, 5.74) is 0.408. The third-order valence-electron chi connectivity index (χ3n) is 2.49. The fraction of sp³-hybridized carbons (Fsp3) is 0.364. The minimum absolute atomic E-state index is 0.131. The number of hydrogen-bond acceptors (Lipinski definition) is 3. The van der Waals surface area contributed by atoms with E-state index >= 15 is 0 Å². The van der Waals surface area contributed by atoms with Crippen molar-refractivity contribution in [2.75, 3.05) is 23.4 Å². The minimum Gasteiger partial charge on any atom is -0.322 e. The van der Waals surface area contributed by atoms with Crippen LogP contribution in [0.2, 0.25) is 15.1 Å². The summed E-state index contributed by atoms with van der Waals surface area (Å²) in [4.78, 5) is 12.0. The van der Waals surface area contributed by atoms with Crippen LogP contribution in [-0.4, -0.2) is 30.0 Å². The summed E-state index contributed by atoms with van der Waals surface area (Å²) in [5.74, 6) is 1.63. The Hall–Kier alpha value is -0.130. The summed E-state index contributed by atoms with van der Waals surface area (Å²) >= 11 is 19.6. The maximum absolute atomic E-state index is 12.0. The van der Waals surface area contributed by atoms with Gasteiger partial charge in [-0.05, 0) is 12.1 Å². The Morgan fingerprint density at radius 1 is 1.33 bits per heavy atom. The smallest absolute Gasteiger partial charge is 0.242 e. The Balaban J connectivity index is 2.11. The van der Waals surface area contributed by atoms with Gasteiger partial charge in [0, 0.05) is 23.1 Å². The number of hydrogen-bond donors (Lipinski definition) is 2. The molecule has 1 fully saturated rings. The van der Waals surface area contributed by atoms with E-state index < -0.39 is 0 Å². The van der Waals surface area contributed by atoms with E-state index in [-0.39, 0.29) is 11.9 Å². The van der Waals surface area contributed by atoms with Crippen LogP contribution in [0.4, 0.5) is 5.69 Å². The van der Waals surface area contributed by atoms with Crippen LogP contribution in [0.3, 0.4) is 0 Å². The summed E-state index contributed by atoms with van der Waals surface area (Å²) in [6.07, 6.45) is 0. The first-order valence-electron chi connectivity index (χ1n) is 5.34. The monoisotopic (exact) mass is 324 g/mol. The third-order valence-corrected chi connectivity index (χ3v) is 4.37. The topological polar surface area (TPSA) is 41.1 Å². The van der Waals surface area contributed by atoms with Crippen molar-refractivity contribution in [2.24, 2.45) is 0 Å². The van der Waals surface area contributed by atoms with Gasteiger partial charge in [-0.3, -0.25) is 4.79 Å². The zero-order chi connectivity index (χ0) is 13.1. The van der Waals surface area contributed by atoms with Crippen LogP contribution < -0.4 is 10.6 Å². The van der Waals surface area contributed by atoms with Crippen molar-refractivity contribution in [3.05, 3.63) is 27.2 Å². The summed E-state index contributed by atoms with van der Waals surface area (Å²) in [7, 11) is 0. The first kappa shape index (κ1) is 14.3. The molecular weight excluding hydrogens is 315 g/mol. The van der Waals surface area contributed by atoms with Crippen LogP contribution in [0.15, 0.2) is 12.1 Å². The Morgan fingerprint density at radius 3 is 2.56 bits per heavy atom. The van der Waals surface area contributed by atoms with Crippen molar-refractivity contribution in [3.63, 3.8) is 0 Å². The molecule has 1 aliphatic rings. The van der Waals surface area contributed by atoms with Crippen LogP contribution in [0.5, 0.6) is 0 Å². The fourth-order valence-corrected chi connectivity index (χ4v) is 3.45. The standard InChI is InChI=1S/C11H11Cl3N2OS/c12-6-3-7(13)10(8(14)4-6)16-11(17)9-5-18-2-1-15-9/h3-4,9,15H,1-2,5H2,(H,16,17). The number of halogens is 3. The molecule has 1 heterocycles. The second-order valence-corrected chi connectivity index (χ2v) is 6.22. The maximum Gasteiger partial charge on any atom is 0.242 e. The predicted octanol–water partition coefficient (Wildman–Crippen LogP) is 3.29. The van der Waals surface area contributed by atoms with Crippen molar-refractivity contribution < 1.29 is 4.79 Å². The van der Waals surface area contributed by atoms with Gasteiger partial charge in [-0.25, -0.2) is 0 Å². The van der Waals surface area contributed by atoms with Gasteiger partial charge in [0.1, 0.15) is 0 Å². The summed E-state index contributed by atoms with van der Waals surface area (Å²) in [5, 5.41) is 7.00. The lowest BCUT2D eigenvalue weighted by Crippen LogP contribution is -2.46. The van der Waals surface area contributed by atoms with Crippen LogP contribution >= 0.6 is 46.6 Å². The average Bonchev–Trinajstić information content (AvgIpc) is 2.34. The largest absolute Gasteiger partial charge is 0.322 e. The van der Waals surface area contributed by atoms with E-state index in [1.165, 1.54) is 0 Å². The second kappa shape index (κ2) is 6.35. The van der Waals surface area contributed by atoms with Crippen LogP contribution in [0.1, 0.15) is 0 Å². The Kier molecular flexibility index (Phi) is 5.04. The Bertz CT molecular complexity index is 441. The van der Waals surface area contributed by atoms with E-state index in [9.17, 15) is 4.79 Å². The number of thioether (sulfide) groups is 1. The van der Waals surface area contributed by atoms with Gasteiger partial charge < -0.3 is 10.6 Å². The lowest BCUT2D eigenvalue weighted by molar-refractivity contribution is -0.117. The molecule has 0 aromatic heterocycles. The first-order chi connectivity index (χ1) is 8.58. The summed E-state index contributed by atoms with van der Waals surface area (Å²) in [6, 6.07) is 2.88. The lowest BCUT2D eigenvalue weighted by Gasteiger charge is -2.22. The zero-order valence-corrected chi connectivity index (χ0v) is 12.4. The highest BCUT2D eigenvalue weighted by Crippen LogP contribution is 2.33. The quantitative estimate of drug-likeness (QED) is 0.876. The van der Waals surface area contributed by atoms with Gasteiger partial charge in [-0.2, -0.15) is 11.8 Å².